The minimum Gasteiger partial charge on any atom is -0.368 e. The number of rotatable bonds is 5. The maximum atomic E-state index is 11.6. The van der Waals surface area contributed by atoms with Crippen molar-refractivity contribution in [3.8, 4) is 0 Å². The van der Waals surface area contributed by atoms with Gasteiger partial charge in [-0.05, 0) is 18.4 Å². The molecule has 0 radical (unpaired) electrons. The van der Waals surface area contributed by atoms with Crippen LogP contribution in [0.5, 0.6) is 0 Å². The lowest BCUT2D eigenvalue weighted by atomic mass is 10.1. The molecule has 4 heteroatoms. The van der Waals surface area contributed by atoms with Crippen molar-refractivity contribution in [1.82, 2.24) is 4.90 Å². The first kappa shape index (κ1) is 11.8. The van der Waals surface area contributed by atoms with Gasteiger partial charge in [-0.1, -0.05) is 20.3 Å². The van der Waals surface area contributed by atoms with E-state index in [-0.39, 0.29) is 5.91 Å². The first-order valence-electron chi connectivity index (χ1n) is 5.39. The first-order chi connectivity index (χ1) is 7.10. The van der Waals surface area contributed by atoms with Crippen molar-refractivity contribution < 1.29 is 9.59 Å². The largest absolute Gasteiger partial charge is 0.368 e. The quantitative estimate of drug-likeness (QED) is 0.730. The van der Waals surface area contributed by atoms with Gasteiger partial charge in [0.25, 0.3) is 0 Å². The molecule has 2 amide bonds. The highest BCUT2D eigenvalue weighted by atomic mass is 16.2. The molecule has 0 fully saturated rings. The maximum absolute atomic E-state index is 11.6. The second-order valence-corrected chi connectivity index (χ2v) is 3.85. The van der Waals surface area contributed by atoms with Gasteiger partial charge in [0, 0.05) is 12.6 Å². The van der Waals surface area contributed by atoms with Crippen molar-refractivity contribution in [1.29, 1.82) is 0 Å². The fourth-order valence-electron chi connectivity index (χ4n) is 1.91. The molecule has 2 N–H and O–H groups in total. The smallest absolute Gasteiger partial charge is 0.247 e. The highest BCUT2D eigenvalue weighted by Gasteiger charge is 2.30. The Labute approximate surface area is 90.1 Å². The van der Waals surface area contributed by atoms with E-state index < -0.39 is 11.9 Å². The molecule has 1 heterocycles. The van der Waals surface area contributed by atoms with Gasteiger partial charge in [0.15, 0.2) is 0 Å². The van der Waals surface area contributed by atoms with Crippen LogP contribution in [0.4, 0.5) is 0 Å². The van der Waals surface area contributed by atoms with E-state index in [4.69, 9.17) is 5.73 Å². The van der Waals surface area contributed by atoms with Crippen LogP contribution < -0.4 is 5.73 Å². The third-order valence-electron chi connectivity index (χ3n) is 2.65. The number of nitrogens with zero attached hydrogens (tertiary/aromatic N) is 1. The van der Waals surface area contributed by atoms with Gasteiger partial charge >= 0.3 is 0 Å². The van der Waals surface area contributed by atoms with Crippen LogP contribution in [-0.4, -0.2) is 29.3 Å². The van der Waals surface area contributed by atoms with E-state index in [9.17, 15) is 9.59 Å². The summed E-state index contributed by atoms with van der Waals surface area (Å²) in [5, 5.41) is 0. The summed E-state index contributed by atoms with van der Waals surface area (Å²) in [5.74, 6) is -0.499. The number of nitrogens with two attached hydrogens (primary N) is 1. The van der Waals surface area contributed by atoms with Crippen LogP contribution in [0.1, 0.15) is 33.1 Å². The monoisotopic (exact) mass is 210 g/mol. The zero-order chi connectivity index (χ0) is 11.4. The van der Waals surface area contributed by atoms with E-state index in [2.05, 4.69) is 6.92 Å². The minimum atomic E-state index is -0.455. The number of carbonyl (C=O) groups excluding carboxylic acids is 2. The van der Waals surface area contributed by atoms with E-state index in [1.165, 1.54) is 0 Å². The van der Waals surface area contributed by atoms with Crippen molar-refractivity contribution in [2.75, 3.05) is 6.54 Å². The number of primary amides is 1. The van der Waals surface area contributed by atoms with E-state index in [0.717, 1.165) is 18.4 Å². The Morgan fingerprint density at radius 1 is 1.60 bits per heavy atom. The molecule has 1 rings (SSSR count). The van der Waals surface area contributed by atoms with Crippen LogP contribution in [0, 0.1) is 0 Å². The summed E-state index contributed by atoms with van der Waals surface area (Å²) in [7, 11) is 0. The average molecular weight is 210 g/mol. The lowest BCUT2D eigenvalue weighted by Crippen LogP contribution is -2.45. The summed E-state index contributed by atoms with van der Waals surface area (Å²) in [6, 6.07) is -0.455. The lowest BCUT2D eigenvalue weighted by Gasteiger charge is -2.24. The van der Waals surface area contributed by atoms with Crippen LogP contribution >= 0.6 is 0 Å². The van der Waals surface area contributed by atoms with E-state index in [1.807, 2.05) is 6.92 Å². The van der Waals surface area contributed by atoms with Gasteiger partial charge in [-0.3, -0.25) is 9.59 Å². The Kier molecular flexibility index (Phi) is 3.88. The zero-order valence-corrected chi connectivity index (χ0v) is 9.32. The molecule has 4 nitrogen and oxygen atoms in total. The molecule has 1 atom stereocenters. The van der Waals surface area contributed by atoms with E-state index in [0.29, 0.717) is 13.0 Å². The van der Waals surface area contributed by atoms with Crippen LogP contribution in [0.15, 0.2) is 11.6 Å². The highest BCUT2D eigenvalue weighted by Crippen LogP contribution is 2.19. The molecule has 1 aliphatic rings. The van der Waals surface area contributed by atoms with Crippen LogP contribution in [0.3, 0.4) is 0 Å². The number of carbonyl (C=O) groups is 2. The molecule has 0 unspecified atom stereocenters. The molecule has 0 aliphatic carbocycles. The Bertz CT molecular complexity index is 297. The summed E-state index contributed by atoms with van der Waals surface area (Å²) in [4.78, 5) is 24.3. The Hall–Kier alpha value is -1.32. The van der Waals surface area contributed by atoms with Gasteiger partial charge < -0.3 is 10.6 Å². The van der Waals surface area contributed by atoms with Gasteiger partial charge in [0.2, 0.25) is 11.8 Å². The second-order valence-electron chi connectivity index (χ2n) is 3.85. The van der Waals surface area contributed by atoms with Crippen LogP contribution in [0.2, 0.25) is 0 Å². The van der Waals surface area contributed by atoms with Crippen LogP contribution in [-0.2, 0) is 9.59 Å². The predicted octanol–water partition coefficient (Wildman–Crippen LogP) is 0.819. The Morgan fingerprint density at radius 3 is 2.73 bits per heavy atom. The fourth-order valence-corrected chi connectivity index (χ4v) is 1.91. The molecule has 0 saturated heterocycles. The van der Waals surface area contributed by atoms with Gasteiger partial charge in [-0.25, -0.2) is 0 Å². The normalized spacial score (nSPS) is 17.9. The minimum absolute atomic E-state index is 0.0795. The summed E-state index contributed by atoms with van der Waals surface area (Å²) in [6.07, 6.45) is 4.14. The molecule has 0 aromatic carbocycles. The second kappa shape index (κ2) is 4.96. The average Bonchev–Trinajstić information content (AvgIpc) is 2.49. The predicted molar refractivity (Wildman–Crippen MR) is 58.0 cm³/mol. The highest BCUT2D eigenvalue weighted by molar-refractivity contribution is 5.95. The molecule has 15 heavy (non-hydrogen) atoms. The molecule has 0 saturated carbocycles. The summed E-state index contributed by atoms with van der Waals surface area (Å²) >= 11 is 0. The van der Waals surface area contributed by atoms with Gasteiger partial charge in [-0.2, -0.15) is 0 Å². The van der Waals surface area contributed by atoms with Gasteiger partial charge in [0.05, 0.1) is 0 Å². The summed E-state index contributed by atoms with van der Waals surface area (Å²) < 4.78 is 0. The molecule has 1 aliphatic heterocycles. The number of hydrogen-bond acceptors (Lipinski definition) is 2. The molecular formula is C11H18N2O2. The molecule has 0 aromatic heterocycles. The zero-order valence-electron chi connectivity index (χ0n) is 9.32. The standard InChI is InChI=1S/C11H18N2O2/c1-3-5-8-6-10(14)13(7-8)9(4-2)11(12)15/h6,9H,3-5,7H2,1-2H3,(H2,12,15)/t9-/m0/s1. The van der Waals surface area contributed by atoms with Crippen LogP contribution in [0.25, 0.3) is 0 Å². The Balaban J connectivity index is 2.68. The number of hydrogen-bond donors (Lipinski definition) is 1. The topological polar surface area (TPSA) is 63.4 Å². The molecular weight excluding hydrogens is 192 g/mol. The fraction of sp³-hybridized carbons (Fsp3) is 0.636. The Morgan fingerprint density at radius 2 is 2.27 bits per heavy atom. The van der Waals surface area contributed by atoms with Gasteiger partial charge in [0.1, 0.15) is 6.04 Å². The summed E-state index contributed by atoms with van der Waals surface area (Å²) in [5.41, 5.74) is 6.35. The molecule has 0 spiro atoms. The third kappa shape index (κ3) is 2.58. The van der Waals surface area contributed by atoms with Crippen molar-refractivity contribution in [2.24, 2.45) is 5.73 Å². The van der Waals surface area contributed by atoms with Crippen molar-refractivity contribution in [3.63, 3.8) is 0 Å². The SMILES string of the molecule is CCCC1=CC(=O)N([C@@H](CC)C(N)=O)C1. The maximum Gasteiger partial charge on any atom is 0.247 e. The number of amides is 2. The third-order valence-corrected chi connectivity index (χ3v) is 2.65. The van der Waals surface area contributed by atoms with E-state index >= 15 is 0 Å². The van der Waals surface area contributed by atoms with Crippen molar-refractivity contribution >= 4 is 11.8 Å². The molecule has 84 valence electrons. The van der Waals surface area contributed by atoms with E-state index in [1.54, 1.807) is 11.0 Å². The van der Waals surface area contributed by atoms with Gasteiger partial charge in [-0.15, -0.1) is 0 Å². The lowest BCUT2D eigenvalue weighted by molar-refractivity contribution is -0.134. The van der Waals surface area contributed by atoms with Crippen molar-refractivity contribution in [2.45, 2.75) is 39.2 Å². The molecule has 0 aromatic rings. The molecule has 0 bridgehead atoms. The van der Waals surface area contributed by atoms with Crippen molar-refractivity contribution in [3.05, 3.63) is 11.6 Å². The summed E-state index contributed by atoms with van der Waals surface area (Å²) in [6.45, 7) is 4.49. The first-order valence-corrected chi connectivity index (χ1v) is 5.39.